The molecule has 7 nitrogen and oxygen atoms in total. The molecule has 2 heterocycles. The number of carbonyl (C=O) groups excluding carboxylic acids is 1. The number of hydrogen-bond acceptors (Lipinski definition) is 5. The van der Waals surface area contributed by atoms with Crippen molar-refractivity contribution in [3.8, 4) is 11.4 Å². The quantitative estimate of drug-likeness (QED) is 0.889. The third-order valence-corrected chi connectivity index (χ3v) is 4.27. The first kappa shape index (κ1) is 16.4. The average Bonchev–Trinajstić information content (AvgIpc) is 3.23. The zero-order chi connectivity index (χ0) is 17.1. The van der Waals surface area contributed by atoms with Gasteiger partial charge in [-0.2, -0.15) is 4.98 Å². The van der Waals surface area contributed by atoms with Crippen molar-refractivity contribution in [2.45, 2.75) is 19.3 Å². The summed E-state index contributed by atoms with van der Waals surface area (Å²) >= 11 is 5.84. The Kier molecular flexibility index (Phi) is 4.80. The summed E-state index contributed by atoms with van der Waals surface area (Å²) in [7, 11) is 0. The summed E-state index contributed by atoms with van der Waals surface area (Å²) in [5.41, 5.74) is 0.782. The van der Waals surface area contributed by atoms with E-state index in [0.717, 1.165) is 5.56 Å². The smallest absolute Gasteiger partial charge is 0.308 e. The van der Waals surface area contributed by atoms with E-state index in [9.17, 15) is 9.59 Å². The summed E-state index contributed by atoms with van der Waals surface area (Å²) in [4.78, 5) is 28.9. The molecule has 1 saturated heterocycles. The molecule has 3 rings (SSSR count). The number of amides is 1. The Bertz CT molecular complexity index is 744. The molecule has 126 valence electrons. The highest BCUT2D eigenvalue weighted by molar-refractivity contribution is 6.30. The first-order valence-electron chi connectivity index (χ1n) is 7.62. The van der Waals surface area contributed by atoms with Crippen LogP contribution in [-0.4, -0.2) is 45.1 Å². The zero-order valence-corrected chi connectivity index (χ0v) is 13.6. The molecule has 8 heteroatoms. The lowest BCUT2D eigenvalue weighted by atomic mass is 10.1. The highest BCUT2D eigenvalue weighted by atomic mass is 35.5. The number of likely N-dealkylation sites (tertiary alicyclic amines) is 1. The summed E-state index contributed by atoms with van der Waals surface area (Å²) in [6, 6.07) is 7.06. The second-order valence-corrected chi connectivity index (χ2v) is 6.12. The minimum Gasteiger partial charge on any atom is -0.481 e. The van der Waals surface area contributed by atoms with Gasteiger partial charge in [0.05, 0.1) is 5.92 Å². The van der Waals surface area contributed by atoms with Crippen LogP contribution in [0.15, 0.2) is 28.8 Å². The zero-order valence-electron chi connectivity index (χ0n) is 12.8. The van der Waals surface area contributed by atoms with Crippen molar-refractivity contribution < 1.29 is 19.2 Å². The number of rotatable bonds is 5. The summed E-state index contributed by atoms with van der Waals surface area (Å²) in [5.74, 6) is -0.586. The number of aliphatic carboxylic acids is 1. The van der Waals surface area contributed by atoms with Gasteiger partial charge in [0.15, 0.2) is 0 Å². The van der Waals surface area contributed by atoms with Gasteiger partial charge in [-0.3, -0.25) is 9.59 Å². The van der Waals surface area contributed by atoms with Crippen molar-refractivity contribution in [3.05, 3.63) is 35.2 Å². The van der Waals surface area contributed by atoms with Crippen molar-refractivity contribution in [2.75, 3.05) is 13.1 Å². The molecular formula is C16H16ClN3O4. The number of halogens is 1. The number of aryl methyl sites for hydroxylation is 1. The molecule has 1 unspecified atom stereocenters. The second kappa shape index (κ2) is 7.00. The molecule has 0 aliphatic carbocycles. The molecule has 1 N–H and O–H groups in total. The van der Waals surface area contributed by atoms with Gasteiger partial charge in [-0.25, -0.2) is 0 Å². The van der Waals surface area contributed by atoms with E-state index in [4.69, 9.17) is 21.2 Å². The molecule has 0 bridgehead atoms. The van der Waals surface area contributed by atoms with Crippen LogP contribution in [0, 0.1) is 5.92 Å². The Labute approximate surface area is 143 Å². The summed E-state index contributed by atoms with van der Waals surface area (Å²) in [5, 5.41) is 13.5. The fraction of sp³-hybridized carbons (Fsp3) is 0.375. The molecular weight excluding hydrogens is 334 g/mol. The number of carboxylic acids is 1. The van der Waals surface area contributed by atoms with Crippen molar-refractivity contribution in [3.63, 3.8) is 0 Å². The number of aromatic nitrogens is 2. The highest BCUT2D eigenvalue weighted by Gasteiger charge is 2.30. The van der Waals surface area contributed by atoms with Gasteiger partial charge in [-0.15, -0.1) is 0 Å². The Morgan fingerprint density at radius 2 is 2.08 bits per heavy atom. The Morgan fingerprint density at radius 3 is 2.75 bits per heavy atom. The SMILES string of the molecule is O=C(O)C1CCN(C(=O)CCc2nc(-c3ccc(Cl)cc3)no2)C1. The van der Waals surface area contributed by atoms with Crippen LogP contribution in [0.1, 0.15) is 18.7 Å². The molecule has 0 radical (unpaired) electrons. The molecule has 24 heavy (non-hydrogen) atoms. The minimum absolute atomic E-state index is 0.0926. The largest absolute Gasteiger partial charge is 0.481 e. The number of hydrogen-bond donors (Lipinski definition) is 1. The van der Waals surface area contributed by atoms with Crippen LogP contribution in [0.2, 0.25) is 5.02 Å². The number of carboxylic acid groups (broad SMARTS) is 1. The van der Waals surface area contributed by atoms with Gasteiger partial charge in [-0.05, 0) is 30.7 Å². The van der Waals surface area contributed by atoms with E-state index in [2.05, 4.69) is 10.1 Å². The van der Waals surface area contributed by atoms with Crippen molar-refractivity contribution in [1.82, 2.24) is 15.0 Å². The van der Waals surface area contributed by atoms with Crippen LogP contribution < -0.4 is 0 Å². The molecule has 1 fully saturated rings. The van der Waals surface area contributed by atoms with Gasteiger partial charge in [-0.1, -0.05) is 16.8 Å². The summed E-state index contributed by atoms with van der Waals surface area (Å²) in [6.45, 7) is 0.754. The lowest BCUT2D eigenvalue weighted by molar-refractivity contribution is -0.141. The molecule has 2 aromatic rings. The van der Waals surface area contributed by atoms with Gasteiger partial charge in [0.25, 0.3) is 0 Å². The third-order valence-electron chi connectivity index (χ3n) is 4.01. The fourth-order valence-electron chi connectivity index (χ4n) is 2.63. The number of carbonyl (C=O) groups is 2. The van der Waals surface area contributed by atoms with Crippen molar-refractivity contribution >= 4 is 23.5 Å². The molecule has 0 spiro atoms. The van der Waals surface area contributed by atoms with E-state index in [-0.39, 0.29) is 18.9 Å². The average molecular weight is 350 g/mol. The number of nitrogens with zero attached hydrogens (tertiary/aromatic N) is 3. The Morgan fingerprint density at radius 1 is 1.33 bits per heavy atom. The van der Waals surface area contributed by atoms with Gasteiger partial charge in [0.1, 0.15) is 0 Å². The van der Waals surface area contributed by atoms with Crippen molar-refractivity contribution in [2.24, 2.45) is 5.92 Å². The maximum Gasteiger partial charge on any atom is 0.308 e. The van der Waals surface area contributed by atoms with Crippen LogP contribution in [-0.2, 0) is 16.0 Å². The summed E-state index contributed by atoms with van der Waals surface area (Å²) < 4.78 is 5.16. The summed E-state index contributed by atoms with van der Waals surface area (Å²) in [6.07, 6.45) is 1.05. The first-order chi connectivity index (χ1) is 11.5. The molecule has 1 amide bonds. The maximum atomic E-state index is 12.1. The maximum absolute atomic E-state index is 12.1. The van der Waals surface area contributed by atoms with Crippen LogP contribution in [0.4, 0.5) is 0 Å². The van der Waals surface area contributed by atoms with Crippen LogP contribution in [0.3, 0.4) is 0 Å². The van der Waals surface area contributed by atoms with E-state index >= 15 is 0 Å². The van der Waals surface area contributed by atoms with Gasteiger partial charge in [0.2, 0.25) is 17.6 Å². The van der Waals surface area contributed by atoms with Crippen LogP contribution >= 0.6 is 11.6 Å². The Hall–Kier alpha value is -2.41. The predicted octanol–water partition coefficient (Wildman–Crippen LogP) is 2.26. The van der Waals surface area contributed by atoms with Gasteiger partial charge in [0, 0.05) is 36.5 Å². The van der Waals surface area contributed by atoms with E-state index < -0.39 is 11.9 Å². The van der Waals surface area contributed by atoms with E-state index in [1.165, 1.54) is 0 Å². The highest BCUT2D eigenvalue weighted by Crippen LogP contribution is 2.20. The molecule has 1 aliphatic heterocycles. The fourth-order valence-corrected chi connectivity index (χ4v) is 2.76. The van der Waals surface area contributed by atoms with E-state index in [1.54, 1.807) is 29.2 Å². The van der Waals surface area contributed by atoms with E-state index in [1.807, 2.05) is 0 Å². The lowest BCUT2D eigenvalue weighted by Gasteiger charge is -2.14. The molecule has 1 aromatic carbocycles. The minimum atomic E-state index is -0.852. The second-order valence-electron chi connectivity index (χ2n) is 5.68. The normalized spacial score (nSPS) is 17.2. The Balaban J connectivity index is 1.55. The standard InChI is InChI=1S/C16H16ClN3O4/c17-12-3-1-10(2-4-12)15-18-13(24-19-15)5-6-14(21)20-8-7-11(9-20)16(22)23/h1-4,11H,5-9H2,(H,22,23). The topological polar surface area (TPSA) is 96.5 Å². The molecule has 1 aromatic heterocycles. The van der Waals surface area contributed by atoms with Crippen molar-refractivity contribution in [1.29, 1.82) is 0 Å². The molecule has 1 aliphatic rings. The lowest BCUT2D eigenvalue weighted by Crippen LogP contribution is -2.30. The predicted molar refractivity (Wildman–Crippen MR) is 85.4 cm³/mol. The number of benzene rings is 1. The van der Waals surface area contributed by atoms with Crippen LogP contribution in [0.25, 0.3) is 11.4 Å². The third kappa shape index (κ3) is 3.73. The van der Waals surface area contributed by atoms with Crippen LogP contribution in [0.5, 0.6) is 0 Å². The molecule has 1 atom stereocenters. The molecule has 0 saturated carbocycles. The van der Waals surface area contributed by atoms with Gasteiger partial charge < -0.3 is 14.5 Å². The van der Waals surface area contributed by atoms with Gasteiger partial charge >= 0.3 is 5.97 Å². The first-order valence-corrected chi connectivity index (χ1v) is 8.00. The van der Waals surface area contributed by atoms with E-state index in [0.29, 0.717) is 36.1 Å². The monoisotopic (exact) mass is 349 g/mol.